The van der Waals surface area contributed by atoms with Crippen molar-refractivity contribution in [1.82, 2.24) is 10.2 Å². The standard InChI is InChI=1S/C21H25FN2O4/c1-26-19-4-2-3-5-20(19)28-15-21(25)23-14-18(24-10-12-27-13-11-24)16-6-8-17(22)9-7-16/h2-9,18H,10-15H2,1H3,(H,23,25). The van der Waals surface area contributed by atoms with Crippen molar-refractivity contribution in [2.75, 3.05) is 46.6 Å². The summed E-state index contributed by atoms with van der Waals surface area (Å²) in [6.45, 7) is 3.09. The summed E-state index contributed by atoms with van der Waals surface area (Å²) >= 11 is 0. The second-order valence-corrected chi connectivity index (χ2v) is 6.46. The van der Waals surface area contributed by atoms with Crippen molar-refractivity contribution in [2.24, 2.45) is 0 Å². The van der Waals surface area contributed by atoms with Gasteiger partial charge < -0.3 is 19.5 Å². The smallest absolute Gasteiger partial charge is 0.258 e. The number of para-hydroxylation sites is 2. The zero-order valence-corrected chi connectivity index (χ0v) is 15.9. The number of halogens is 1. The molecule has 0 radical (unpaired) electrons. The van der Waals surface area contributed by atoms with Gasteiger partial charge in [0.05, 0.1) is 26.4 Å². The zero-order valence-electron chi connectivity index (χ0n) is 15.9. The average Bonchev–Trinajstić information content (AvgIpc) is 2.74. The van der Waals surface area contributed by atoms with Crippen LogP contribution in [0.2, 0.25) is 0 Å². The molecule has 0 bridgehead atoms. The maximum absolute atomic E-state index is 13.3. The predicted octanol–water partition coefficient (Wildman–Crippen LogP) is 2.40. The van der Waals surface area contributed by atoms with Crippen molar-refractivity contribution < 1.29 is 23.4 Å². The van der Waals surface area contributed by atoms with Crippen LogP contribution in [-0.4, -0.2) is 57.4 Å². The van der Waals surface area contributed by atoms with E-state index in [2.05, 4.69) is 10.2 Å². The Morgan fingerprint density at radius 2 is 1.82 bits per heavy atom. The molecule has 1 aliphatic heterocycles. The summed E-state index contributed by atoms with van der Waals surface area (Å²) in [6.07, 6.45) is 0. The number of benzene rings is 2. The number of carbonyl (C=O) groups is 1. The molecule has 1 atom stereocenters. The Morgan fingerprint density at radius 1 is 1.14 bits per heavy atom. The molecule has 1 heterocycles. The monoisotopic (exact) mass is 388 g/mol. The Hall–Kier alpha value is -2.64. The highest BCUT2D eigenvalue weighted by Crippen LogP contribution is 2.25. The van der Waals surface area contributed by atoms with Crippen LogP contribution in [0.15, 0.2) is 48.5 Å². The van der Waals surface area contributed by atoms with Crippen LogP contribution in [0.4, 0.5) is 4.39 Å². The molecule has 0 aromatic heterocycles. The Morgan fingerprint density at radius 3 is 2.50 bits per heavy atom. The van der Waals surface area contributed by atoms with E-state index in [0.717, 1.165) is 18.7 Å². The Labute approximate surface area is 164 Å². The molecule has 3 rings (SSSR count). The number of methoxy groups -OCH3 is 1. The highest BCUT2D eigenvalue weighted by Gasteiger charge is 2.23. The molecule has 1 amide bonds. The van der Waals surface area contributed by atoms with E-state index in [4.69, 9.17) is 14.2 Å². The van der Waals surface area contributed by atoms with Crippen LogP contribution >= 0.6 is 0 Å². The molecule has 28 heavy (non-hydrogen) atoms. The summed E-state index contributed by atoms with van der Waals surface area (Å²) in [5, 5.41) is 2.92. The SMILES string of the molecule is COc1ccccc1OCC(=O)NCC(c1ccc(F)cc1)N1CCOCC1. The number of ether oxygens (including phenoxy) is 3. The molecule has 2 aromatic carbocycles. The second kappa shape index (κ2) is 10.1. The molecular weight excluding hydrogens is 363 g/mol. The summed E-state index contributed by atoms with van der Waals surface area (Å²) in [6, 6.07) is 13.5. The Bertz CT molecular complexity index is 763. The predicted molar refractivity (Wildman–Crippen MR) is 103 cm³/mol. The molecular formula is C21H25FN2O4. The van der Waals surface area contributed by atoms with E-state index < -0.39 is 0 Å². The van der Waals surface area contributed by atoms with E-state index in [9.17, 15) is 9.18 Å². The van der Waals surface area contributed by atoms with Gasteiger partial charge in [0.1, 0.15) is 5.82 Å². The molecule has 1 unspecified atom stereocenters. The molecule has 0 aliphatic carbocycles. The van der Waals surface area contributed by atoms with Crippen LogP contribution < -0.4 is 14.8 Å². The van der Waals surface area contributed by atoms with Crippen molar-refractivity contribution in [1.29, 1.82) is 0 Å². The molecule has 150 valence electrons. The summed E-state index contributed by atoms with van der Waals surface area (Å²) in [5.41, 5.74) is 0.953. The molecule has 1 saturated heterocycles. The Kier molecular flexibility index (Phi) is 7.22. The highest BCUT2D eigenvalue weighted by molar-refractivity contribution is 5.77. The third-order valence-corrected chi connectivity index (χ3v) is 4.66. The average molecular weight is 388 g/mol. The first-order chi connectivity index (χ1) is 13.7. The topological polar surface area (TPSA) is 60.0 Å². The van der Waals surface area contributed by atoms with Crippen LogP contribution in [0.5, 0.6) is 11.5 Å². The number of hydrogen-bond donors (Lipinski definition) is 1. The van der Waals surface area contributed by atoms with Crippen LogP contribution in [0.25, 0.3) is 0 Å². The van der Waals surface area contributed by atoms with Crippen molar-refractivity contribution >= 4 is 5.91 Å². The lowest BCUT2D eigenvalue weighted by Gasteiger charge is -2.35. The maximum Gasteiger partial charge on any atom is 0.258 e. The van der Waals surface area contributed by atoms with Gasteiger partial charge in [0.15, 0.2) is 18.1 Å². The van der Waals surface area contributed by atoms with Gasteiger partial charge in [-0.2, -0.15) is 0 Å². The normalized spacial score (nSPS) is 15.6. The van der Waals surface area contributed by atoms with E-state index in [0.29, 0.717) is 31.3 Å². The first-order valence-electron chi connectivity index (χ1n) is 9.27. The lowest BCUT2D eigenvalue weighted by Crippen LogP contribution is -2.44. The van der Waals surface area contributed by atoms with Crippen molar-refractivity contribution in [3.63, 3.8) is 0 Å². The quantitative estimate of drug-likeness (QED) is 0.753. The molecule has 0 spiro atoms. The number of rotatable bonds is 8. The fourth-order valence-corrected chi connectivity index (χ4v) is 3.17. The summed E-state index contributed by atoms with van der Waals surface area (Å²) in [5.74, 6) is 0.584. The lowest BCUT2D eigenvalue weighted by molar-refractivity contribution is -0.123. The fourth-order valence-electron chi connectivity index (χ4n) is 3.17. The number of nitrogens with one attached hydrogen (secondary N) is 1. The largest absolute Gasteiger partial charge is 0.493 e. The van der Waals surface area contributed by atoms with Gasteiger partial charge in [0, 0.05) is 19.6 Å². The van der Waals surface area contributed by atoms with Gasteiger partial charge in [-0.05, 0) is 29.8 Å². The number of morpholine rings is 1. The number of nitrogens with zero attached hydrogens (tertiary/aromatic N) is 1. The van der Waals surface area contributed by atoms with Crippen LogP contribution in [0.3, 0.4) is 0 Å². The van der Waals surface area contributed by atoms with Gasteiger partial charge in [-0.15, -0.1) is 0 Å². The van der Waals surface area contributed by atoms with Gasteiger partial charge in [-0.25, -0.2) is 4.39 Å². The lowest BCUT2D eigenvalue weighted by atomic mass is 10.0. The minimum absolute atomic E-state index is 0.0558. The summed E-state index contributed by atoms with van der Waals surface area (Å²) in [4.78, 5) is 14.5. The molecule has 1 aliphatic rings. The van der Waals surface area contributed by atoms with Gasteiger partial charge in [-0.3, -0.25) is 9.69 Å². The maximum atomic E-state index is 13.3. The molecule has 7 heteroatoms. The van der Waals surface area contributed by atoms with E-state index in [1.807, 2.05) is 12.1 Å². The number of hydrogen-bond acceptors (Lipinski definition) is 5. The van der Waals surface area contributed by atoms with Crippen LogP contribution in [-0.2, 0) is 9.53 Å². The fraction of sp³-hybridized carbons (Fsp3) is 0.381. The molecule has 1 N–H and O–H groups in total. The Balaban J connectivity index is 1.59. The first kappa shape index (κ1) is 20.1. The minimum Gasteiger partial charge on any atom is -0.493 e. The summed E-state index contributed by atoms with van der Waals surface area (Å²) in [7, 11) is 1.55. The van der Waals surface area contributed by atoms with Gasteiger partial charge >= 0.3 is 0 Å². The van der Waals surface area contributed by atoms with Crippen molar-refractivity contribution in [2.45, 2.75) is 6.04 Å². The number of amides is 1. The number of carbonyl (C=O) groups excluding carboxylic acids is 1. The molecule has 6 nitrogen and oxygen atoms in total. The third-order valence-electron chi connectivity index (χ3n) is 4.66. The molecule has 1 fully saturated rings. The van der Waals surface area contributed by atoms with Crippen LogP contribution in [0, 0.1) is 5.82 Å². The molecule has 0 saturated carbocycles. The van der Waals surface area contributed by atoms with Crippen molar-refractivity contribution in [3.05, 3.63) is 59.9 Å². The van der Waals surface area contributed by atoms with E-state index in [1.165, 1.54) is 12.1 Å². The first-order valence-corrected chi connectivity index (χ1v) is 9.27. The van der Waals surface area contributed by atoms with Gasteiger partial charge in [0.25, 0.3) is 5.91 Å². The van der Waals surface area contributed by atoms with Gasteiger partial charge in [0.2, 0.25) is 0 Å². The molecule has 2 aromatic rings. The zero-order chi connectivity index (χ0) is 19.8. The van der Waals surface area contributed by atoms with Gasteiger partial charge in [-0.1, -0.05) is 24.3 Å². The van der Waals surface area contributed by atoms with Crippen LogP contribution in [0.1, 0.15) is 11.6 Å². The van der Waals surface area contributed by atoms with E-state index >= 15 is 0 Å². The van der Waals surface area contributed by atoms with Crippen molar-refractivity contribution in [3.8, 4) is 11.5 Å². The van der Waals surface area contributed by atoms with E-state index in [-0.39, 0.29) is 24.4 Å². The second-order valence-electron chi connectivity index (χ2n) is 6.46. The van der Waals surface area contributed by atoms with E-state index in [1.54, 1.807) is 31.4 Å². The highest BCUT2D eigenvalue weighted by atomic mass is 19.1. The summed E-state index contributed by atoms with van der Waals surface area (Å²) < 4.78 is 29.5. The minimum atomic E-state index is -0.279. The third kappa shape index (κ3) is 5.43.